The number of carbonyl (C=O) groups excluding carboxylic acids is 3. The number of carbonyl (C=O) groups is 3. The summed E-state index contributed by atoms with van der Waals surface area (Å²) in [5.41, 5.74) is 1.68. The molecular weight excluding hydrogens is 408 g/mol. The Bertz CT molecular complexity index is 894. The molecule has 0 bridgehead atoms. The fraction of sp³-hybridized carbons (Fsp3) is 0.286. The van der Waals surface area contributed by atoms with Crippen molar-refractivity contribution in [2.45, 2.75) is 25.7 Å². The fourth-order valence-electron chi connectivity index (χ4n) is 3.08. The maximum Gasteiger partial charge on any atom is 0.261 e. The molecule has 0 aromatic heterocycles. The number of imide groups is 1. The first-order valence-corrected chi connectivity index (χ1v) is 9.57. The van der Waals surface area contributed by atoms with Crippen molar-refractivity contribution in [1.29, 1.82) is 0 Å². The lowest BCUT2D eigenvalue weighted by molar-refractivity contribution is -0.121. The van der Waals surface area contributed by atoms with E-state index in [1.54, 1.807) is 18.2 Å². The van der Waals surface area contributed by atoms with Gasteiger partial charge in [0, 0.05) is 29.4 Å². The predicted octanol–water partition coefficient (Wildman–Crippen LogP) is 3.53. The van der Waals surface area contributed by atoms with E-state index in [1.165, 1.54) is 0 Å². The summed E-state index contributed by atoms with van der Waals surface area (Å²) in [6.45, 7) is 4.67. The molecule has 1 heterocycles. The Morgan fingerprint density at radius 1 is 1.04 bits per heavy atom. The summed E-state index contributed by atoms with van der Waals surface area (Å²) in [6, 6.07) is 15.0. The maximum absolute atomic E-state index is 12.4. The highest BCUT2D eigenvalue weighted by molar-refractivity contribution is 9.10. The molecular formula is C21H21BrN2O3. The molecule has 2 aromatic rings. The smallest absolute Gasteiger partial charge is 0.261 e. The molecule has 140 valence electrons. The first-order chi connectivity index (χ1) is 12.8. The summed E-state index contributed by atoms with van der Waals surface area (Å²) in [7, 11) is 0. The van der Waals surface area contributed by atoms with Gasteiger partial charge in [0.1, 0.15) is 0 Å². The third-order valence-corrected chi connectivity index (χ3v) is 5.27. The maximum atomic E-state index is 12.4. The minimum Gasteiger partial charge on any atom is -0.355 e. The Balaban J connectivity index is 1.56. The summed E-state index contributed by atoms with van der Waals surface area (Å²) in [4.78, 5) is 38.2. The molecule has 0 saturated carbocycles. The monoisotopic (exact) mass is 428 g/mol. The van der Waals surface area contributed by atoms with Gasteiger partial charge in [-0.05, 0) is 23.8 Å². The van der Waals surface area contributed by atoms with E-state index in [9.17, 15) is 14.4 Å². The van der Waals surface area contributed by atoms with Crippen LogP contribution < -0.4 is 5.32 Å². The number of fused-ring (bicyclic) bond motifs is 1. The summed E-state index contributed by atoms with van der Waals surface area (Å²) in [6.07, 6.45) is 0.0809. The summed E-state index contributed by atoms with van der Waals surface area (Å²) in [5.74, 6) is -0.884. The molecule has 0 radical (unpaired) electrons. The van der Waals surface area contributed by atoms with E-state index in [0.717, 1.165) is 14.9 Å². The molecule has 0 fully saturated rings. The first kappa shape index (κ1) is 19.3. The third-order valence-electron chi connectivity index (χ3n) is 4.78. The molecule has 0 spiro atoms. The summed E-state index contributed by atoms with van der Waals surface area (Å²) < 4.78 is 0.741. The van der Waals surface area contributed by atoms with Crippen LogP contribution >= 0.6 is 15.9 Å². The van der Waals surface area contributed by atoms with Crippen LogP contribution in [0.15, 0.2) is 53.0 Å². The quantitative estimate of drug-likeness (QED) is 0.715. The number of benzene rings is 2. The van der Waals surface area contributed by atoms with Gasteiger partial charge in [0.05, 0.1) is 11.1 Å². The Hall–Kier alpha value is -2.47. The van der Waals surface area contributed by atoms with E-state index < -0.39 is 0 Å². The fourth-order valence-corrected chi connectivity index (χ4v) is 3.44. The van der Waals surface area contributed by atoms with Crippen molar-refractivity contribution >= 4 is 33.7 Å². The molecule has 1 aliphatic heterocycles. The number of hydrogen-bond donors (Lipinski definition) is 1. The van der Waals surface area contributed by atoms with Gasteiger partial charge in [0.2, 0.25) is 5.91 Å². The molecule has 3 rings (SSSR count). The molecule has 0 saturated heterocycles. The third kappa shape index (κ3) is 4.11. The Morgan fingerprint density at radius 3 is 2.41 bits per heavy atom. The van der Waals surface area contributed by atoms with Gasteiger partial charge in [-0.15, -0.1) is 0 Å². The van der Waals surface area contributed by atoms with Crippen molar-refractivity contribution < 1.29 is 14.4 Å². The van der Waals surface area contributed by atoms with Crippen molar-refractivity contribution in [2.75, 3.05) is 13.1 Å². The van der Waals surface area contributed by atoms with Crippen LogP contribution in [0.25, 0.3) is 0 Å². The molecule has 2 aromatic carbocycles. The van der Waals surface area contributed by atoms with E-state index in [0.29, 0.717) is 17.7 Å². The molecule has 1 aliphatic rings. The largest absolute Gasteiger partial charge is 0.355 e. The summed E-state index contributed by atoms with van der Waals surface area (Å²) >= 11 is 3.31. The molecule has 1 N–H and O–H groups in total. The van der Waals surface area contributed by atoms with Gasteiger partial charge < -0.3 is 5.32 Å². The average molecular weight is 429 g/mol. The number of amides is 3. The van der Waals surface area contributed by atoms with Crippen molar-refractivity contribution in [3.63, 3.8) is 0 Å². The highest BCUT2D eigenvalue weighted by atomic mass is 79.9. The second-order valence-corrected chi connectivity index (χ2v) is 8.14. The van der Waals surface area contributed by atoms with Gasteiger partial charge in [0.15, 0.2) is 0 Å². The lowest BCUT2D eigenvalue weighted by Gasteiger charge is -2.25. The van der Waals surface area contributed by atoms with Crippen LogP contribution in [0, 0.1) is 0 Å². The van der Waals surface area contributed by atoms with Crippen LogP contribution in [-0.4, -0.2) is 35.7 Å². The van der Waals surface area contributed by atoms with Gasteiger partial charge in [-0.3, -0.25) is 19.3 Å². The van der Waals surface area contributed by atoms with Crippen LogP contribution in [0.3, 0.4) is 0 Å². The minimum absolute atomic E-state index is 0.0710. The van der Waals surface area contributed by atoms with Crippen LogP contribution in [0.5, 0.6) is 0 Å². The second kappa shape index (κ2) is 7.64. The zero-order valence-corrected chi connectivity index (χ0v) is 16.9. The van der Waals surface area contributed by atoms with Crippen molar-refractivity contribution in [2.24, 2.45) is 0 Å². The lowest BCUT2D eigenvalue weighted by atomic mass is 9.84. The van der Waals surface area contributed by atoms with Gasteiger partial charge in [-0.1, -0.05) is 60.1 Å². The molecule has 0 atom stereocenters. The number of hydrogen-bond acceptors (Lipinski definition) is 3. The number of halogens is 1. The Morgan fingerprint density at radius 2 is 1.70 bits per heavy atom. The van der Waals surface area contributed by atoms with E-state index in [-0.39, 0.29) is 36.1 Å². The Kier molecular flexibility index (Phi) is 5.46. The van der Waals surface area contributed by atoms with E-state index in [1.807, 2.05) is 30.3 Å². The molecule has 3 amide bonds. The standard InChI is InChI=1S/C21H21BrN2O3/c1-21(2,14-6-4-3-5-7-14)13-23-18(25)10-11-24-19(26)16-9-8-15(22)12-17(16)20(24)27/h3-9,12H,10-11,13H2,1-2H3,(H,23,25). The van der Waals surface area contributed by atoms with E-state index >= 15 is 0 Å². The SMILES string of the molecule is CC(C)(CNC(=O)CCN1C(=O)c2ccc(Br)cc2C1=O)c1ccccc1. The Labute approximate surface area is 166 Å². The predicted molar refractivity (Wildman–Crippen MR) is 107 cm³/mol. The summed E-state index contributed by atoms with van der Waals surface area (Å²) in [5, 5.41) is 2.91. The molecule has 0 aliphatic carbocycles. The highest BCUT2D eigenvalue weighted by Crippen LogP contribution is 2.26. The topological polar surface area (TPSA) is 66.5 Å². The van der Waals surface area contributed by atoms with Crippen LogP contribution in [0.2, 0.25) is 0 Å². The zero-order valence-electron chi connectivity index (χ0n) is 15.3. The van der Waals surface area contributed by atoms with Crippen molar-refractivity contribution in [3.05, 3.63) is 69.7 Å². The van der Waals surface area contributed by atoms with Crippen LogP contribution in [-0.2, 0) is 10.2 Å². The number of nitrogens with zero attached hydrogens (tertiary/aromatic N) is 1. The lowest BCUT2D eigenvalue weighted by Crippen LogP contribution is -2.39. The molecule has 5 nitrogen and oxygen atoms in total. The van der Waals surface area contributed by atoms with Gasteiger partial charge in [-0.25, -0.2) is 0 Å². The molecule has 27 heavy (non-hydrogen) atoms. The van der Waals surface area contributed by atoms with E-state index in [4.69, 9.17) is 0 Å². The second-order valence-electron chi connectivity index (χ2n) is 7.23. The van der Waals surface area contributed by atoms with Crippen molar-refractivity contribution in [3.8, 4) is 0 Å². The normalized spacial score (nSPS) is 13.7. The highest BCUT2D eigenvalue weighted by Gasteiger charge is 2.35. The first-order valence-electron chi connectivity index (χ1n) is 8.77. The zero-order chi connectivity index (χ0) is 19.6. The van der Waals surface area contributed by atoms with Gasteiger partial charge in [-0.2, -0.15) is 0 Å². The van der Waals surface area contributed by atoms with Crippen LogP contribution in [0.1, 0.15) is 46.5 Å². The van der Waals surface area contributed by atoms with Crippen molar-refractivity contribution in [1.82, 2.24) is 10.2 Å². The molecule has 6 heteroatoms. The van der Waals surface area contributed by atoms with E-state index in [2.05, 4.69) is 35.1 Å². The molecule has 0 unspecified atom stereocenters. The average Bonchev–Trinajstić information content (AvgIpc) is 2.89. The number of nitrogens with one attached hydrogen (secondary N) is 1. The van der Waals surface area contributed by atoms with Gasteiger partial charge in [0.25, 0.3) is 11.8 Å². The minimum atomic E-state index is -0.353. The van der Waals surface area contributed by atoms with Gasteiger partial charge >= 0.3 is 0 Å². The number of rotatable bonds is 6. The van der Waals surface area contributed by atoms with Crippen LogP contribution in [0.4, 0.5) is 0 Å².